The van der Waals surface area contributed by atoms with Crippen molar-refractivity contribution in [2.24, 2.45) is 40.2 Å². The van der Waals surface area contributed by atoms with E-state index < -0.39 is 46.7 Å². The monoisotopic (exact) mass is 518 g/mol. The molecule has 0 spiro atoms. The minimum absolute atomic E-state index is 0.0130. The van der Waals surface area contributed by atoms with Gasteiger partial charge < -0.3 is 21.3 Å². The molecule has 0 aromatic heterocycles. The fourth-order valence-corrected chi connectivity index (χ4v) is 6.18. The SMILES string of the molecule is CC(C)(C)NC(=O)N[C@H](C(=O)N1C[C@H]2[C@@H]([C@H]1C(=O)C[C@@H](CC1CCC1)C(=O)C(N)=O)C2(C)C)C(C)(C)C. The zero-order valence-corrected chi connectivity index (χ0v) is 23.8. The predicted molar refractivity (Wildman–Crippen MR) is 140 cm³/mol. The Morgan fingerprint density at radius 1 is 1.03 bits per heavy atom. The summed E-state index contributed by atoms with van der Waals surface area (Å²) < 4.78 is 0. The molecule has 3 fully saturated rings. The van der Waals surface area contributed by atoms with E-state index in [2.05, 4.69) is 24.5 Å². The lowest BCUT2D eigenvalue weighted by Gasteiger charge is -2.38. The number of ketones is 2. The van der Waals surface area contributed by atoms with E-state index in [1.54, 1.807) is 4.90 Å². The topological polar surface area (TPSA) is 139 Å². The molecule has 208 valence electrons. The standard InChI is InChI=1S/C28H46N4O5/c1-26(2,3)22(30-25(37)31-27(4,5)6)24(36)32-14-17-19(28(17,7)8)20(32)18(33)13-16(21(34)23(29)35)12-15-10-9-11-15/h15-17,19-20,22H,9-14H2,1-8H3,(H2,29,35)(H2,30,31,37)/t16-,17+,19+,20-,22-/m1/s1. The average Bonchev–Trinajstić information content (AvgIpc) is 3.06. The van der Waals surface area contributed by atoms with Crippen LogP contribution >= 0.6 is 0 Å². The van der Waals surface area contributed by atoms with Gasteiger partial charge in [-0.05, 0) is 55.8 Å². The van der Waals surface area contributed by atoms with Crippen molar-refractivity contribution >= 4 is 29.4 Å². The molecule has 5 atom stereocenters. The van der Waals surface area contributed by atoms with Crippen molar-refractivity contribution < 1.29 is 24.0 Å². The van der Waals surface area contributed by atoms with Crippen molar-refractivity contribution in [3.8, 4) is 0 Å². The van der Waals surface area contributed by atoms with Gasteiger partial charge in [0.05, 0.1) is 6.04 Å². The first kappa shape index (κ1) is 29.1. The zero-order valence-electron chi connectivity index (χ0n) is 23.8. The van der Waals surface area contributed by atoms with E-state index in [9.17, 15) is 24.0 Å². The number of nitrogens with two attached hydrogens (primary N) is 1. The Balaban J connectivity index is 1.83. The van der Waals surface area contributed by atoms with E-state index >= 15 is 0 Å². The van der Waals surface area contributed by atoms with Crippen molar-refractivity contribution in [1.29, 1.82) is 0 Å². The molecule has 37 heavy (non-hydrogen) atoms. The van der Waals surface area contributed by atoms with Crippen LogP contribution in [-0.2, 0) is 19.2 Å². The molecular weight excluding hydrogens is 472 g/mol. The highest BCUT2D eigenvalue weighted by atomic mass is 16.2. The van der Waals surface area contributed by atoms with Gasteiger partial charge in [-0.25, -0.2) is 4.79 Å². The van der Waals surface area contributed by atoms with Gasteiger partial charge in [-0.15, -0.1) is 0 Å². The summed E-state index contributed by atoms with van der Waals surface area (Å²) in [6, 6.07) is -1.97. The highest BCUT2D eigenvalue weighted by Gasteiger charge is 2.69. The molecule has 0 aromatic rings. The highest BCUT2D eigenvalue weighted by Crippen LogP contribution is 2.65. The third-order valence-corrected chi connectivity index (χ3v) is 8.60. The molecule has 1 aliphatic heterocycles. The van der Waals surface area contributed by atoms with Gasteiger partial charge in [0, 0.05) is 24.4 Å². The number of hydrogen-bond donors (Lipinski definition) is 3. The fourth-order valence-electron chi connectivity index (χ4n) is 6.18. The van der Waals surface area contributed by atoms with Gasteiger partial charge in [0.1, 0.15) is 6.04 Å². The van der Waals surface area contributed by atoms with Crippen LogP contribution in [0.25, 0.3) is 0 Å². The summed E-state index contributed by atoms with van der Waals surface area (Å²) in [5, 5.41) is 5.69. The van der Waals surface area contributed by atoms with Crippen LogP contribution in [0.5, 0.6) is 0 Å². The Kier molecular flexibility index (Phi) is 7.89. The number of Topliss-reactive ketones (excluding diaryl/α,β-unsaturated/α-hetero) is 2. The number of hydrogen-bond acceptors (Lipinski definition) is 5. The van der Waals surface area contributed by atoms with Crippen LogP contribution in [0.4, 0.5) is 4.79 Å². The van der Waals surface area contributed by atoms with E-state index in [-0.39, 0.29) is 35.4 Å². The van der Waals surface area contributed by atoms with E-state index in [0.29, 0.717) is 18.9 Å². The summed E-state index contributed by atoms with van der Waals surface area (Å²) >= 11 is 0. The summed E-state index contributed by atoms with van der Waals surface area (Å²) in [5.41, 5.74) is 4.15. The lowest BCUT2D eigenvalue weighted by Crippen LogP contribution is -2.60. The van der Waals surface area contributed by atoms with Crippen LogP contribution < -0.4 is 16.4 Å². The molecule has 4 N–H and O–H groups in total. The van der Waals surface area contributed by atoms with Crippen LogP contribution in [0.1, 0.15) is 87.5 Å². The Morgan fingerprint density at radius 3 is 2.08 bits per heavy atom. The smallest absolute Gasteiger partial charge is 0.315 e. The number of nitrogens with zero attached hydrogens (tertiary/aromatic N) is 1. The number of likely N-dealkylation sites (tertiary alicyclic amines) is 1. The molecule has 0 bridgehead atoms. The van der Waals surface area contributed by atoms with Crippen LogP contribution in [0.15, 0.2) is 0 Å². The summed E-state index contributed by atoms with van der Waals surface area (Å²) in [4.78, 5) is 66.4. The number of fused-ring (bicyclic) bond motifs is 1. The number of urea groups is 1. The number of nitrogens with one attached hydrogen (secondary N) is 2. The van der Waals surface area contributed by atoms with Gasteiger partial charge in [-0.1, -0.05) is 53.9 Å². The summed E-state index contributed by atoms with van der Waals surface area (Å²) in [6.45, 7) is 15.8. The maximum absolute atomic E-state index is 13.9. The second kappa shape index (κ2) is 10.0. The third kappa shape index (κ3) is 6.34. The number of amides is 4. The molecule has 2 saturated carbocycles. The van der Waals surface area contributed by atoms with Crippen LogP contribution in [-0.4, -0.2) is 58.5 Å². The minimum Gasteiger partial charge on any atom is -0.363 e. The maximum Gasteiger partial charge on any atom is 0.315 e. The molecule has 3 rings (SSSR count). The summed E-state index contributed by atoms with van der Waals surface area (Å²) in [7, 11) is 0. The largest absolute Gasteiger partial charge is 0.363 e. The third-order valence-electron chi connectivity index (χ3n) is 8.60. The molecule has 9 nitrogen and oxygen atoms in total. The minimum atomic E-state index is -1.01. The first-order valence-electron chi connectivity index (χ1n) is 13.6. The van der Waals surface area contributed by atoms with Crippen LogP contribution in [0.2, 0.25) is 0 Å². The van der Waals surface area contributed by atoms with Crippen LogP contribution in [0, 0.1) is 34.5 Å². The lowest BCUT2D eigenvalue weighted by molar-refractivity contribution is -0.144. The summed E-state index contributed by atoms with van der Waals surface area (Å²) in [6.07, 6.45) is 3.44. The second-order valence-electron chi connectivity index (χ2n) is 14.2. The molecule has 1 saturated heterocycles. The number of carbonyl (C=O) groups excluding carboxylic acids is 5. The number of rotatable bonds is 9. The van der Waals surface area contributed by atoms with E-state index in [1.165, 1.54) is 0 Å². The molecule has 9 heteroatoms. The van der Waals surface area contributed by atoms with Crippen molar-refractivity contribution in [2.45, 2.75) is 105 Å². The average molecular weight is 519 g/mol. The highest BCUT2D eigenvalue weighted by molar-refractivity contribution is 6.36. The molecule has 4 amide bonds. The fraction of sp³-hybridized carbons (Fsp3) is 0.821. The lowest BCUT2D eigenvalue weighted by atomic mass is 9.76. The first-order valence-corrected chi connectivity index (χ1v) is 13.6. The molecule has 1 heterocycles. The van der Waals surface area contributed by atoms with Crippen molar-refractivity contribution in [1.82, 2.24) is 15.5 Å². The molecule has 0 radical (unpaired) electrons. The Morgan fingerprint density at radius 2 is 1.62 bits per heavy atom. The quantitative estimate of drug-likeness (QED) is 0.403. The number of primary amides is 1. The zero-order chi connectivity index (χ0) is 28.1. The molecule has 0 unspecified atom stereocenters. The normalized spacial score (nSPS) is 26.4. The van der Waals surface area contributed by atoms with E-state index in [4.69, 9.17) is 5.73 Å². The van der Waals surface area contributed by atoms with E-state index in [0.717, 1.165) is 19.3 Å². The number of carbonyl (C=O) groups is 5. The van der Waals surface area contributed by atoms with Gasteiger partial charge in [0.15, 0.2) is 5.78 Å². The first-order chi connectivity index (χ1) is 16.8. The van der Waals surface area contributed by atoms with Gasteiger partial charge in [0.25, 0.3) is 5.91 Å². The predicted octanol–water partition coefficient (Wildman–Crippen LogP) is 2.80. The van der Waals surface area contributed by atoms with Gasteiger partial charge >= 0.3 is 6.03 Å². The summed E-state index contributed by atoms with van der Waals surface area (Å²) in [5.74, 6) is -2.47. The van der Waals surface area contributed by atoms with E-state index in [1.807, 2.05) is 41.5 Å². The van der Waals surface area contributed by atoms with Crippen molar-refractivity contribution in [3.05, 3.63) is 0 Å². The Bertz CT molecular complexity index is 957. The van der Waals surface area contributed by atoms with Gasteiger partial charge in [0.2, 0.25) is 11.7 Å². The molecule has 0 aromatic carbocycles. The Labute approximate surface area is 221 Å². The molecule has 2 aliphatic carbocycles. The van der Waals surface area contributed by atoms with Crippen molar-refractivity contribution in [3.63, 3.8) is 0 Å². The van der Waals surface area contributed by atoms with Crippen LogP contribution in [0.3, 0.4) is 0 Å². The van der Waals surface area contributed by atoms with Gasteiger partial charge in [-0.3, -0.25) is 19.2 Å². The van der Waals surface area contributed by atoms with Crippen molar-refractivity contribution in [2.75, 3.05) is 6.54 Å². The second-order valence-corrected chi connectivity index (χ2v) is 14.2. The molecule has 3 aliphatic rings. The Hall–Kier alpha value is -2.45. The maximum atomic E-state index is 13.9. The number of piperidine rings is 1. The molecular formula is C28H46N4O5. The van der Waals surface area contributed by atoms with Gasteiger partial charge in [-0.2, -0.15) is 0 Å².